The molecule has 8 aliphatic heterocycles. The molecule has 6 N–H and O–H groups in total. The molecule has 0 unspecified atom stereocenters. The van der Waals surface area contributed by atoms with Crippen LogP contribution in [0.1, 0.15) is 136 Å². The predicted molar refractivity (Wildman–Crippen MR) is 480 cm³/mol. The zero-order chi connectivity index (χ0) is 80.2. The van der Waals surface area contributed by atoms with Crippen LogP contribution in [0.5, 0.6) is 0 Å². The van der Waals surface area contributed by atoms with Gasteiger partial charge in [-0.25, -0.2) is 54.8 Å². The van der Waals surface area contributed by atoms with Crippen molar-refractivity contribution in [2.75, 3.05) is 0 Å². The van der Waals surface area contributed by atoms with E-state index in [9.17, 15) is 5.11 Å². The number of aryl methyl sites for hydroxylation is 2. The Morgan fingerprint density at radius 1 is 0.325 bits per heavy atom. The highest BCUT2D eigenvalue weighted by atomic mass is 16.3. The first-order valence-corrected chi connectivity index (χ1v) is 39.9. The first-order chi connectivity index (χ1) is 56.8. The molecule has 0 aliphatic carbocycles. The number of aliphatic imine (C=N–C) groups is 3. The summed E-state index contributed by atoms with van der Waals surface area (Å²) in [4.78, 5) is 73.0. The van der Waals surface area contributed by atoms with E-state index in [-0.39, 0.29) is 5.92 Å². The van der Waals surface area contributed by atoms with E-state index in [0.29, 0.717) is 63.5 Å². The summed E-state index contributed by atoms with van der Waals surface area (Å²) in [6, 6.07) is 60.6. The van der Waals surface area contributed by atoms with Gasteiger partial charge in [0.2, 0.25) is 0 Å². The number of nitrogens with one attached hydrogen (secondary N) is 5. The van der Waals surface area contributed by atoms with Gasteiger partial charge in [0, 0.05) is 116 Å². The summed E-state index contributed by atoms with van der Waals surface area (Å²) in [5, 5.41) is 16.2. The fourth-order valence-electron chi connectivity index (χ4n) is 16.0. The van der Waals surface area contributed by atoms with Crippen molar-refractivity contribution in [3.05, 3.63) is 313 Å². The lowest BCUT2D eigenvalue weighted by molar-refractivity contribution is 0.446. The number of hydrogen-bond acceptors (Lipinski definition) is 12. The third-order valence-electron chi connectivity index (χ3n) is 23.1. The summed E-state index contributed by atoms with van der Waals surface area (Å²) in [7, 11) is 0. The third-order valence-corrected chi connectivity index (χ3v) is 23.1. The minimum Gasteiger partial charge on any atom is -0.511 e. The van der Waals surface area contributed by atoms with E-state index < -0.39 is 0 Å². The number of nitrogens with zero attached hydrogens (tertiary/aromatic N) is 11. The molecule has 7 aromatic heterocycles. The number of fused-ring (bicyclic) bond motifs is 33. The van der Waals surface area contributed by atoms with Gasteiger partial charge in [-0.05, 0) is 195 Å². The zero-order valence-electron chi connectivity index (χ0n) is 67.1. The van der Waals surface area contributed by atoms with Crippen LogP contribution in [0.3, 0.4) is 0 Å². The fraction of sp³-hybridized carbons (Fsp3) is 0.150. The van der Waals surface area contributed by atoms with Crippen molar-refractivity contribution in [3.8, 4) is 56.7 Å². The molecule has 6 aromatic carbocycles. The van der Waals surface area contributed by atoms with Gasteiger partial charge in [-0.2, -0.15) is 0 Å². The molecule has 0 fully saturated rings. The normalized spacial score (nSPS) is 14.3. The van der Waals surface area contributed by atoms with Crippen LogP contribution in [0.2, 0.25) is 0 Å². The molecule has 21 rings (SSSR count). The second kappa shape index (κ2) is 29.2. The fourth-order valence-corrected chi connectivity index (χ4v) is 16.0. The van der Waals surface area contributed by atoms with E-state index >= 15 is 0 Å². The second-order valence-corrected chi connectivity index (χ2v) is 31.5. The minimum absolute atomic E-state index is 0.0652. The largest absolute Gasteiger partial charge is 0.511 e. The summed E-state index contributed by atoms with van der Waals surface area (Å²) in [5.41, 5.74) is 34.5. The Bertz CT molecular complexity index is 7230. The van der Waals surface area contributed by atoms with Crippen LogP contribution in [-0.4, -0.2) is 87.0 Å². The first kappa shape index (κ1) is 72.8. The Morgan fingerprint density at radius 3 is 1.21 bits per heavy atom. The van der Waals surface area contributed by atoms with Crippen molar-refractivity contribution >= 4 is 125 Å². The number of aromatic amines is 5. The second-order valence-electron chi connectivity index (χ2n) is 31.5. The van der Waals surface area contributed by atoms with Gasteiger partial charge in [-0.3, -0.25) is 0 Å². The van der Waals surface area contributed by atoms with Crippen molar-refractivity contribution in [2.24, 2.45) is 20.9 Å². The number of aliphatic hydroxyl groups excluding tert-OH is 1. The number of aliphatic hydroxyl groups is 1. The van der Waals surface area contributed by atoms with Gasteiger partial charge >= 0.3 is 0 Å². The molecule has 0 saturated heterocycles. The Balaban J connectivity index is 0.000000117. The molecule has 0 radical (unpaired) electrons. The van der Waals surface area contributed by atoms with Crippen LogP contribution < -0.4 is 10.4 Å². The van der Waals surface area contributed by atoms with Gasteiger partial charge in [0.15, 0.2) is 23.3 Å². The van der Waals surface area contributed by atoms with Crippen molar-refractivity contribution in [2.45, 2.75) is 94.9 Å². The molecule has 117 heavy (non-hydrogen) atoms. The van der Waals surface area contributed by atoms with Crippen LogP contribution in [0, 0.1) is 26.7 Å². The molecule has 0 spiro atoms. The molecule has 13 aromatic rings. The Morgan fingerprint density at radius 2 is 0.735 bits per heavy atom. The number of allylic oxidation sites excluding steroid dienone is 9. The van der Waals surface area contributed by atoms with Crippen LogP contribution in [0.15, 0.2) is 256 Å². The average Bonchev–Trinajstić information content (AvgIpc) is 1.61. The van der Waals surface area contributed by atoms with Crippen LogP contribution in [0.25, 0.3) is 164 Å². The van der Waals surface area contributed by atoms with Crippen LogP contribution in [0.4, 0.5) is 0 Å². The lowest BCUT2D eigenvalue weighted by atomic mass is 9.98. The Labute approximate surface area is 676 Å². The number of benzene rings is 6. The maximum atomic E-state index is 10.5. The number of rotatable bonds is 4. The van der Waals surface area contributed by atoms with E-state index in [1.54, 1.807) is 0 Å². The average molecular weight is 1530 g/mol. The smallest absolute Gasteiger partial charge is 0.164 e. The molecular weight excluding hydrogens is 1440 g/mol. The molecule has 8 aliphatic rings. The van der Waals surface area contributed by atoms with E-state index in [2.05, 4.69) is 246 Å². The monoisotopic (exact) mass is 1520 g/mol. The van der Waals surface area contributed by atoms with E-state index in [1.807, 2.05) is 98.8 Å². The highest BCUT2D eigenvalue weighted by Gasteiger charge is 2.26. The first-order valence-electron chi connectivity index (χ1n) is 39.9. The van der Waals surface area contributed by atoms with Gasteiger partial charge < -0.3 is 30.0 Å². The lowest BCUT2D eigenvalue weighted by Crippen LogP contribution is -2.18. The summed E-state index contributed by atoms with van der Waals surface area (Å²) < 4.78 is 0. The highest BCUT2D eigenvalue weighted by molar-refractivity contribution is 6.30. The maximum absolute atomic E-state index is 10.5. The Hall–Kier alpha value is -14.5. The number of H-pyrrole nitrogens is 5. The molecule has 17 nitrogen and oxygen atoms in total. The molecule has 17 heteroatoms. The van der Waals surface area contributed by atoms with Crippen molar-refractivity contribution in [1.82, 2.24) is 64.8 Å². The molecule has 0 amide bonds. The minimum atomic E-state index is 0.0652. The van der Waals surface area contributed by atoms with Crippen molar-refractivity contribution < 1.29 is 5.11 Å². The van der Waals surface area contributed by atoms with Gasteiger partial charge in [-0.1, -0.05) is 175 Å². The van der Waals surface area contributed by atoms with Crippen molar-refractivity contribution in [1.29, 1.82) is 0 Å². The molecule has 0 atom stereocenters. The molecule has 570 valence electrons. The summed E-state index contributed by atoms with van der Waals surface area (Å²) in [6.45, 7) is 25.4. The Kier molecular flexibility index (Phi) is 18.2. The van der Waals surface area contributed by atoms with E-state index in [1.165, 1.54) is 16.7 Å². The van der Waals surface area contributed by atoms with Crippen LogP contribution >= 0.6 is 0 Å². The van der Waals surface area contributed by atoms with Gasteiger partial charge in [0.05, 0.1) is 57.0 Å². The van der Waals surface area contributed by atoms with Gasteiger partial charge in [0.25, 0.3) is 0 Å². The molecule has 24 bridgehead atoms. The molecular formula is C100H84N16O. The quantitative estimate of drug-likeness (QED) is 0.0981. The maximum Gasteiger partial charge on any atom is 0.164 e. The zero-order valence-corrected chi connectivity index (χ0v) is 67.1. The van der Waals surface area contributed by atoms with Crippen molar-refractivity contribution in [3.63, 3.8) is 0 Å². The van der Waals surface area contributed by atoms with E-state index in [0.717, 1.165) is 189 Å². The highest BCUT2D eigenvalue weighted by Crippen LogP contribution is 2.40. The molecule has 0 saturated carbocycles. The topological polar surface area (TPSA) is 239 Å². The number of hydrogen-bond donors (Lipinski definition) is 6. The third kappa shape index (κ3) is 13.3. The van der Waals surface area contributed by atoms with E-state index in [4.69, 9.17) is 54.8 Å². The van der Waals surface area contributed by atoms with Crippen LogP contribution in [-0.2, 0) is 0 Å². The molecule has 15 heterocycles. The van der Waals surface area contributed by atoms with Gasteiger partial charge in [0.1, 0.15) is 28.3 Å². The standard InChI is InChI=1S/C35H24N8.C33H30N4O.C32H30N4/c1-18(2)19-15-16-26-27(17-19)35-42-33-25-14-8-7-13-24(25)31(40-33)38-29-21-10-4-3-9-20(21)28(36-29)37-30-22-11-5-6-12-23(22)32(39-30)41-34(26)43-35;1-18(2)33(38)23-8-6-22(7-9-23)32-30-16-14-28(36-30)20(4)26-12-10-24(34-26)19(3)25-11-13-27(35-25)21(5)29-15-17-31(32)37-29;1-18(2)22-6-8-23(9-7-22)32-30-16-14-28(35-30)20(4)26-12-10-24(33-26)19(3)25-11-13-27(34-25)21(5)29-15-17-31(32)36-29/h3-18H,1-2H3,(H2,36,37,38,39,40,41,42,43);6-18,36,38H,1-5H3;6-18,35-36H,1-5H3. The number of aromatic nitrogens is 13. The lowest BCUT2D eigenvalue weighted by Gasteiger charge is -2.08. The van der Waals surface area contributed by atoms with Gasteiger partial charge in [-0.15, -0.1) is 0 Å². The predicted octanol–water partition coefficient (Wildman–Crippen LogP) is 22.2. The summed E-state index contributed by atoms with van der Waals surface area (Å²) in [6.07, 6.45) is 20.7. The SMILES string of the molecule is CC(C)c1ccc2c3nc4nc(nc5[nH]c(nc6nc(nc([nH]3)c2c1)-c1ccccc1-6)c1ccccc51)-c1ccccc1-4.CC1=C2C=CC(=N2)C(C)=C2C=CC(=N2)C(=c2ccc(=C(O)C(C)C)cc2)c2ccc([nH]2)C(C)=C2C=CC1=N2.Cc1c2nc(c(C)c3ccc([nH]3)c(-c3ccc(C(C)C)cc3)c3ccc([nH]3)c(C)c3nc1C=C3)C=C2. The summed E-state index contributed by atoms with van der Waals surface area (Å²) in [5.74, 6) is 3.72. The summed E-state index contributed by atoms with van der Waals surface area (Å²) >= 11 is 0.